The molecule has 0 aliphatic heterocycles. The smallest absolute Gasteiger partial charge is 0.00148 e. The molecule has 0 aliphatic carbocycles. The number of hydrogen-bond donors (Lipinski definition) is 1. The minimum absolute atomic E-state index is 0.763. The average molecular weight is 247 g/mol. The summed E-state index contributed by atoms with van der Waals surface area (Å²) in [5.74, 6) is 1.57. The zero-order valence-electron chi connectivity index (χ0n) is 12.3. The molecule has 102 valence electrons. The van der Waals surface area contributed by atoms with Gasteiger partial charge in [-0.15, -0.1) is 0 Å². The Balaban J connectivity index is 2.53. The molecule has 0 saturated heterocycles. The fourth-order valence-electron chi connectivity index (χ4n) is 2.55. The summed E-state index contributed by atoms with van der Waals surface area (Å²) < 4.78 is 0. The van der Waals surface area contributed by atoms with Crippen molar-refractivity contribution in [2.45, 2.75) is 46.5 Å². The Kier molecular flexibility index (Phi) is 7.75. The lowest BCUT2D eigenvalue weighted by molar-refractivity contribution is 0.318. The Bertz CT molecular complexity index is 294. The van der Waals surface area contributed by atoms with Crippen LogP contribution in [0.1, 0.15) is 45.6 Å². The highest BCUT2D eigenvalue weighted by atomic mass is 14.9. The number of rotatable bonds is 9. The summed E-state index contributed by atoms with van der Waals surface area (Å²) in [5, 5.41) is 3.59. The Morgan fingerprint density at radius 2 is 1.78 bits per heavy atom. The normalized spacial score (nSPS) is 14.4. The monoisotopic (exact) mass is 247 g/mol. The molecule has 2 atom stereocenters. The third kappa shape index (κ3) is 5.68. The molecule has 0 amide bonds. The van der Waals surface area contributed by atoms with Crippen molar-refractivity contribution in [1.29, 1.82) is 0 Å². The first-order valence-corrected chi connectivity index (χ1v) is 7.52. The van der Waals surface area contributed by atoms with Crippen LogP contribution in [0.4, 0.5) is 0 Å². The first-order chi connectivity index (χ1) is 8.77. The molecule has 1 aromatic carbocycles. The average Bonchev–Trinajstić information content (AvgIpc) is 2.39. The van der Waals surface area contributed by atoms with E-state index in [0.717, 1.165) is 24.9 Å². The van der Waals surface area contributed by atoms with Gasteiger partial charge in [0, 0.05) is 0 Å². The van der Waals surface area contributed by atoms with E-state index in [4.69, 9.17) is 0 Å². The van der Waals surface area contributed by atoms with E-state index >= 15 is 0 Å². The fraction of sp³-hybridized carbons (Fsp3) is 0.647. The standard InChI is InChI=1S/C17H29N/c1-4-9-15(3)17(14-18-12-5-2)13-16-10-7-6-8-11-16/h6-8,10-11,15,17-18H,4-5,9,12-14H2,1-3H3. The topological polar surface area (TPSA) is 12.0 Å². The van der Waals surface area contributed by atoms with Crippen LogP contribution >= 0.6 is 0 Å². The van der Waals surface area contributed by atoms with Crippen LogP contribution in [0.3, 0.4) is 0 Å². The largest absolute Gasteiger partial charge is 0.316 e. The molecule has 1 heteroatoms. The highest BCUT2D eigenvalue weighted by Gasteiger charge is 2.16. The van der Waals surface area contributed by atoms with Crippen molar-refractivity contribution in [3.05, 3.63) is 35.9 Å². The molecule has 18 heavy (non-hydrogen) atoms. The van der Waals surface area contributed by atoms with Gasteiger partial charge in [-0.05, 0) is 43.3 Å². The Labute approximate surface area is 113 Å². The molecule has 1 aromatic rings. The lowest BCUT2D eigenvalue weighted by Crippen LogP contribution is -2.29. The molecule has 0 aliphatic rings. The predicted molar refractivity (Wildman–Crippen MR) is 80.9 cm³/mol. The van der Waals surface area contributed by atoms with Crippen molar-refractivity contribution < 1.29 is 0 Å². The van der Waals surface area contributed by atoms with Gasteiger partial charge in [0.25, 0.3) is 0 Å². The predicted octanol–water partition coefficient (Wildman–Crippen LogP) is 4.28. The van der Waals surface area contributed by atoms with E-state index < -0.39 is 0 Å². The number of benzene rings is 1. The lowest BCUT2D eigenvalue weighted by atomic mass is 9.85. The Hall–Kier alpha value is -0.820. The summed E-state index contributed by atoms with van der Waals surface area (Å²) in [5.41, 5.74) is 1.48. The molecule has 0 saturated carbocycles. The van der Waals surface area contributed by atoms with Crippen molar-refractivity contribution in [3.63, 3.8) is 0 Å². The molecule has 0 spiro atoms. The highest BCUT2D eigenvalue weighted by molar-refractivity contribution is 5.15. The zero-order valence-corrected chi connectivity index (χ0v) is 12.3. The Morgan fingerprint density at radius 1 is 1.06 bits per heavy atom. The molecule has 0 aromatic heterocycles. The molecule has 0 radical (unpaired) electrons. The summed E-state index contributed by atoms with van der Waals surface area (Å²) in [7, 11) is 0. The van der Waals surface area contributed by atoms with Gasteiger partial charge in [-0.2, -0.15) is 0 Å². The van der Waals surface area contributed by atoms with Gasteiger partial charge in [-0.25, -0.2) is 0 Å². The Morgan fingerprint density at radius 3 is 2.39 bits per heavy atom. The van der Waals surface area contributed by atoms with Crippen LogP contribution in [0, 0.1) is 11.8 Å². The summed E-state index contributed by atoms with van der Waals surface area (Å²) in [6.07, 6.45) is 5.06. The molecule has 0 heterocycles. The van der Waals surface area contributed by atoms with E-state index in [0.29, 0.717) is 0 Å². The second-order valence-electron chi connectivity index (χ2n) is 5.42. The quantitative estimate of drug-likeness (QED) is 0.642. The van der Waals surface area contributed by atoms with Crippen LogP contribution in [0.2, 0.25) is 0 Å². The second-order valence-corrected chi connectivity index (χ2v) is 5.42. The molecule has 0 fully saturated rings. The van der Waals surface area contributed by atoms with Gasteiger partial charge in [-0.1, -0.05) is 63.9 Å². The van der Waals surface area contributed by atoms with Crippen LogP contribution in [0.15, 0.2) is 30.3 Å². The van der Waals surface area contributed by atoms with Crippen LogP contribution in [0.25, 0.3) is 0 Å². The molecule has 1 nitrogen and oxygen atoms in total. The summed E-state index contributed by atoms with van der Waals surface area (Å²) >= 11 is 0. The van der Waals surface area contributed by atoms with E-state index in [2.05, 4.69) is 56.4 Å². The lowest BCUT2D eigenvalue weighted by Gasteiger charge is -2.24. The molecular formula is C17H29N. The van der Waals surface area contributed by atoms with Gasteiger partial charge in [-0.3, -0.25) is 0 Å². The van der Waals surface area contributed by atoms with E-state index in [1.54, 1.807) is 0 Å². The van der Waals surface area contributed by atoms with Gasteiger partial charge < -0.3 is 5.32 Å². The first kappa shape index (κ1) is 15.2. The zero-order chi connectivity index (χ0) is 13.2. The number of hydrogen-bond acceptors (Lipinski definition) is 1. The number of nitrogens with one attached hydrogen (secondary N) is 1. The molecule has 0 bridgehead atoms. The van der Waals surface area contributed by atoms with E-state index in [1.807, 2.05) is 0 Å². The SMILES string of the molecule is CCCNCC(Cc1ccccc1)C(C)CCC. The van der Waals surface area contributed by atoms with E-state index in [1.165, 1.54) is 31.2 Å². The van der Waals surface area contributed by atoms with Crippen molar-refractivity contribution >= 4 is 0 Å². The minimum Gasteiger partial charge on any atom is -0.316 e. The maximum absolute atomic E-state index is 3.59. The van der Waals surface area contributed by atoms with Gasteiger partial charge in [0.2, 0.25) is 0 Å². The maximum atomic E-state index is 3.59. The van der Waals surface area contributed by atoms with Crippen molar-refractivity contribution in [2.24, 2.45) is 11.8 Å². The van der Waals surface area contributed by atoms with Crippen LogP contribution < -0.4 is 5.32 Å². The van der Waals surface area contributed by atoms with Gasteiger partial charge in [0.15, 0.2) is 0 Å². The third-order valence-electron chi connectivity index (χ3n) is 3.72. The summed E-state index contributed by atoms with van der Waals surface area (Å²) in [6.45, 7) is 9.23. The summed E-state index contributed by atoms with van der Waals surface area (Å²) in [4.78, 5) is 0. The van der Waals surface area contributed by atoms with E-state index in [9.17, 15) is 0 Å². The molecule has 2 unspecified atom stereocenters. The van der Waals surface area contributed by atoms with Crippen LogP contribution in [-0.4, -0.2) is 13.1 Å². The van der Waals surface area contributed by atoms with Crippen LogP contribution in [-0.2, 0) is 6.42 Å². The van der Waals surface area contributed by atoms with Crippen molar-refractivity contribution in [1.82, 2.24) is 5.32 Å². The minimum atomic E-state index is 0.763. The molecule has 1 rings (SSSR count). The maximum Gasteiger partial charge on any atom is -0.00148 e. The van der Waals surface area contributed by atoms with Crippen LogP contribution in [0.5, 0.6) is 0 Å². The first-order valence-electron chi connectivity index (χ1n) is 7.52. The fourth-order valence-corrected chi connectivity index (χ4v) is 2.55. The van der Waals surface area contributed by atoms with Gasteiger partial charge in [0.05, 0.1) is 0 Å². The highest BCUT2D eigenvalue weighted by Crippen LogP contribution is 2.21. The third-order valence-corrected chi connectivity index (χ3v) is 3.72. The van der Waals surface area contributed by atoms with Crippen molar-refractivity contribution in [3.8, 4) is 0 Å². The summed E-state index contributed by atoms with van der Waals surface area (Å²) in [6, 6.07) is 10.9. The second kappa shape index (κ2) is 9.16. The van der Waals surface area contributed by atoms with Gasteiger partial charge in [0.1, 0.15) is 0 Å². The molecular weight excluding hydrogens is 218 g/mol. The van der Waals surface area contributed by atoms with Gasteiger partial charge >= 0.3 is 0 Å². The van der Waals surface area contributed by atoms with E-state index in [-0.39, 0.29) is 0 Å². The van der Waals surface area contributed by atoms with Crippen molar-refractivity contribution in [2.75, 3.05) is 13.1 Å². The molecule has 1 N–H and O–H groups in total.